The molecule has 118 valence electrons. The third-order valence-electron chi connectivity index (χ3n) is 3.08. The third-order valence-corrected chi connectivity index (χ3v) is 3.08. The summed E-state index contributed by atoms with van der Waals surface area (Å²) < 4.78 is 11.0. The predicted molar refractivity (Wildman–Crippen MR) is 81.0 cm³/mol. The zero-order chi connectivity index (χ0) is 16.5. The fourth-order valence-electron chi connectivity index (χ4n) is 2.19. The van der Waals surface area contributed by atoms with Gasteiger partial charge in [0.15, 0.2) is 0 Å². The smallest absolute Gasteiger partial charge is 0.421 e. The van der Waals surface area contributed by atoms with Crippen molar-refractivity contribution in [2.45, 2.75) is 32.8 Å². The number of methoxy groups -OCH3 is 1. The van der Waals surface area contributed by atoms with E-state index < -0.39 is 17.7 Å². The number of ether oxygens (including phenoxy) is 2. The largest absolute Gasteiger partial charge is 0.494 e. The SMILES string of the molecule is COC(=O)Cc1c2ccccc2c(O)n1C(=O)OC(C)(C)C. The first-order valence-corrected chi connectivity index (χ1v) is 6.86. The van der Waals surface area contributed by atoms with Gasteiger partial charge in [0, 0.05) is 10.8 Å². The Hall–Kier alpha value is -2.50. The standard InChI is InChI=1S/C16H19NO5/c1-16(2,3)22-15(20)17-12(9-13(18)21-4)10-7-5-6-8-11(10)14(17)19/h5-8,19H,9H2,1-4H3. The molecular formula is C16H19NO5. The first-order valence-electron chi connectivity index (χ1n) is 6.86. The molecule has 1 aromatic carbocycles. The quantitative estimate of drug-likeness (QED) is 0.863. The van der Waals surface area contributed by atoms with E-state index in [2.05, 4.69) is 4.74 Å². The maximum atomic E-state index is 12.4. The molecule has 22 heavy (non-hydrogen) atoms. The molecule has 0 aliphatic rings. The first-order chi connectivity index (χ1) is 10.2. The monoisotopic (exact) mass is 305 g/mol. The maximum Gasteiger partial charge on any atom is 0.421 e. The van der Waals surface area contributed by atoms with Crippen LogP contribution in [-0.4, -0.2) is 34.4 Å². The summed E-state index contributed by atoms with van der Waals surface area (Å²) in [5.74, 6) is -0.753. The molecular weight excluding hydrogens is 286 g/mol. The van der Waals surface area contributed by atoms with Gasteiger partial charge in [0.2, 0.25) is 5.88 Å². The van der Waals surface area contributed by atoms with Crippen LogP contribution in [0.25, 0.3) is 10.8 Å². The molecule has 0 radical (unpaired) electrons. The van der Waals surface area contributed by atoms with Gasteiger partial charge in [-0.05, 0) is 26.8 Å². The summed E-state index contributed by atoms with van der Waals surface area (Å²) in [7, 11) is 1.27. The molecule has 0 saturated heterocycles. The molecule has 0 aliphatic carbocycles. The molecule has 6 heteroatoms. The number of rotatable bonds is 2. The van der Waals surface area contributed by atoms with Crippen molar-refractivity contribution in [3.05, 3.63) is 30.0 Å². The van der Waals surface area contributed by atoms with Gasteiger partial charge >= 0.3 is 12.1 Å². The molecule has 2 rings (SSSR count). The minimum absolute atomic E-state index is 0.142. The minimum Gasteiger partial charge on any atom is -0.494 e. The number of hydrogen-bond acceptors (Lipinski definition) is 5. The predicted octanol–water partition coefficient (Wildman–Crippen LogP) is 2.85. The van der Waals surface area contributed by atoms with Gasteiger partial charge < -0.3 is 14.6 Å². The number of benzene rings is 1. The highest BCUT2D eigenvalue weighted by Gasteiger charge is 2.26. The van der Waals surface area contributed by atoms with Crippen molar-refractivity contribution in [1.82, 2.24) is 4.57 Å². The summed E-state index contributed by atoms with van der Waals surface area (Å²) >= 11 is 0. The average molecular weight is 305 g/mol. The zero-order valence-corrected chi connectivity index (χ0v) is 13.0. The van der Waals surface area contributed by atoms with Gasteiger partial charge in [-0.3, -0.25) is 4.79 Å². The van der Waals surface area contributed by atoms with Crippen molar-refractivity contribution in [2.24, 2.45) is 0 Å². The zero-order valence-electron chi connectivity index (χ0n) is 13.0. The van der Waals surface area contributed by atoms with Crippen LogP contribution in [0.15, 0.2) is 24.3 Å². The van der Waals surface area contributed by atoms with E-state index >= 15 is 0 Å². The number of carbonyl (C=O) groups is 2. The summed E-state index contributed by atoms with van der Waals surface area (Å²) in [4.78, 5) is 24.0. The van der Waals surface area contributed by atoms with E-state index in [9.17, 15) is 14.7 Å². The van der Waals surface area contributed by atoms with E-state index in [1.165, 1.54) is 7.11 Å². The molecule has 0 fully saturated rings. The molecule has 1 aromatic heterocycles. The lowest BCUT2D eigenvalue weighted by molar-refractivity contribution is -0.139. The average Bonchev–Trinajstić information content (AvgIpc) is 2.70. The Morgan fingerprint density at radius 3 is 2.32 bits per heavy atom. The van der Waals surface area contributed by atoms with Crippen LogP contribution in [0.4, 0.5) is 4.79 Å². The molecule has 0 aliphatic heterocycles. The normalized spacial score (nSPS) is 11.5. The molecule has 0 atom stereocenters. The number of hydrogen-bond donors (Lipinski definition) is 1. The first kappa shape index (κ1) is 15.9. The highest BCUT2D eigenvalue weighted by atomic mass is 16.6. The number of carbonyl (C=O) groups excluding carboxylic acids is 2. The van der Waals surface area contributed by atoms with E-state index in [0.717, 1.165) is 4.57 Å². The highest BCUT2D eigenvalue weighted by Crippen LogP contribution is 2.32. The lowest BCUT2D eigenvalue weighted by atomic mass is 10.1. The Morgan fingerprint density at radius 1 is 1.18 bits per heavy atom. The van der Waals surface area contributed by atoms with E-state index in [1.807, 2.05) is 0 Å². The van der Waals surface area contributed by atoms with Crippen molar-refractivity contribution < 1.29 is 24.2 Å². The summed E-state index contributed by atoms with van der Waals surface area (Å²) in [6.45, 7) is 5.18. The van der Waals surface area contributed by atoms with Crippen LogP contribution in [0, 0.1) is 0 Å². The van der Waals surface area contributed by atoms with E-state index in [-0.39, 0.29) is 12.3 Å². The minimum atomic E-state index is -0.736. The second-order valence-corrected chi connectivity index (χ2v) is 5.88. The maximum absolute atomic E-state index is 12.4. The summed E-state index contributed by atoms with van der Waals surface area (Å²) in [6, 6.07) is 6.91. The number of aromatic hydroxyl groups is 1. The van der Waals surface area contributed by atoms with Gasteiger partial charge in [-0.1, -0.05) is 18.2 Å². The summed E-state index contributed by atoms with van der Waals surface area (Å²) in [6.07, 6.45) is -0.878. The van der Waals surface area contributed by atoms with Crippen molar-refractivity contribution in [3.8, 4) is 5.88 Å². The molecule has 0 amide bonds. The Balaban J connectivity index is 2.60. The van der Waals surface area contributed by atoms with Gasteiger partial charge in [-0.15, -0.1) is 0 Å². The van der Waals surface area contributed by atoms with Crippen molar-refractivity contribution in [3.63, 3.8) is 0 Å². The van der Waals surface area contributed by atoms with Crippen LogP contribution < -0.4 is 0 Å². The van der Waals surface area contributed by atoms with Gasteiger partial charge in [0.25, 0.3) is 0 Å². The fraction of sp³-hybridized carbons (Fsp3) is 0.375. The van der Waals surface area contributed by atoms with Crippen LogP contribution in [0.5, 0.6) is 5.88 Å². The topological polar surface area (TPSA) is 77.8 Å². The molecule has 0 saturated carbocycles. The van der Waals surface area contributed by atoms with E-state index in [4.69, 9.17) is 4.74 Å². The fourth-order valence-corrected chi connectivity index (χ4v) is 2.19. The molecule has 6 nitrogen and oxygen atoms in total. The third kappa shape index (κ3) is 3.05. The second kappa shape index (κ2) is 5.71. The van der Waals surface area contributed by atoms with Gasteiger partial charge in [0.1, 0.15) is 5.60 Å². The van der Waals surface area contributed by atoms with Gasteiger partial charge in [-0.25, -0.2) is 9.36 Å². The van der Waals surface area contributed by atoms with Gasteiger partial charge in [-0.2, -0.15) is 0 Å². The van der Waals surface area contributed by atoms with Crippen LogP contribution in [0.1, 0.15) is 26.5 Å². The molecule has 2 aromatic rings. The van der Waals surface area contributed by atoms with Crippen molar-refractivity contribution in [1.29, 1.82) is 0 Å². The number of nitrogens with zero attached hydrogens (tertiary/aromatic N) is 1. The van der Waals surface area contributed by atoms with Crippen LogP contribution in [0.2, 0.25) is 0 Å². The number of aromatic nitrogens is 1. The molecule has 0 spiro atoms. The van der Waals surface area contributed by atoms with E-state index in [0.29, 0.717) is 16.5 Å². The Bertz CT molecular complexity index is 724. The Labute approximate surface area is 128 Å². The van der Waals surface area contributed by atoms with Gasteiger partial charge in [0.05, 0.1) is 19.2 Å². The lowest BCUT2D eigenvalue weighted by Crippen LogP contribution is -2.28. The highest BCUT2D eigenvalue weighted by molar-refractivity contribution is 5.97. The Kier molecular flexibility index (Phi) is 4.12. The molecule has 1 heterocycles. The second-order valence-electron chi connectivity index (χ2n) is 5.88. The molecule has 1 N–H and O–H groups in total. The number of esters is 1. The van der Waals surface area contributed by atoms with Crippen molar-refractivity contribution in [2.75, 3.05) is 7.11 Å². The molecule has 0 bridgehead atoms. The number of fused-ring (bicyclic) bond motifs is 1. The van der Waals surface area contributed by atoms with Crippen molar-refractivity contribution >= 4 is 22.8 Å². The van der Waals surface area contributed by atoms with Crippen LogP contribution in [-0.2, 0) is 20.7 Å². The summed E-state index contributed by atoms with van der Waals surface area (Å²) in [5.41, 5.74) is -0.378. The van der Waals surface area contributed by atoms with Crippen LogP contribution in [0.3, 0.4) is 0 Å². The summed E-state index contributed by atoms with van der Waals surface area (Å²) in [5, 5.41) is 11.4. The molecule has 0 unspecified atom stereocenters. The lowest BCUT2D eigenvalue weighted by Gasteiger charge is -2.20. The van der Waals surface area contributed by atoms with Crippen LogP contribution >= 0.6 is 0 Å². The van der Waals surface area contributed by atoms with E-state index in [1.54, 1.807) is 45.0 Å². The Morgan fingerprint density at radius 2 is 1.77 bits per heavy atom.